The van der Waals surface area contributed by atoms with Gasteiger partial charge in [-0.25, -0.2) is 5.43 Å². The zero-order chi connectivity index (χ0) is 14.8. The second kappa shape index (κ2) is 5.95. The highest BCUT2D eigenvalue weighted by atomic mass is 16.5. The predicted molar refractivity (Wildman–Crippen MR) is 79.3 cm³/mol. The van der Waals surface area contributed by atoms with Crippen LogP contribution in [0.4, 0.5) is 0 Å². The molecular weight excluding hydrogens is 254 g/mol. The Morgan fingerprint density at radius 2 is 2.05 bits per heavy atom. The molecule has 0 bridgehead atoms. The molecule has 0 saturated carbocycles. The number of rotatable bonds is 3. The van der Waals surface area contributed by atoms with Gasteiger partial charge in [0.25, 0.3) is 0 Å². The van der Waals surface area contributed by atoms with E-state index in [1.54, 1.807) is 7.11 Å². The lowest BCUT2D eigenvalue weighted by atomic mass is 9.92. The molecule has 0 radical (unpaired) electrons. The van der Waals surface area contributed by atoms with Gasteiger partial charge < -0.3 is 9.64 Å². The van der Waals surface area contributed by atoms with Crippen molar-refractivity contribution >= 4 is 11.6 Å². The van der Waals surface area contributed by atoms with Gasteiger partial charge in [-0.15, -0.1) is 0 Å². The number of nitrogens with one attached hydrogen (secondary N) is 1. The molecule has 20 heavy (non-hydrogen) atoms. The van der Waals surface area contributed by atoms with E-state index in [4.69, 9.17) is 4.74 Å². The summed E-state index contributed by atoms with van der Waals surface area (Å²) in [5.41, 5.74) is 4.60. The number of allylic oxidation sites excluding steroid dienone is 1. The molecule has 1 saturated heterocycles. The Morgan fingerprint density at radius 3 is 2.60 bits per heavy atom. The SMILES string of the molecule is COC1(C)CCN(C2=CC(C(C)C)=NNC(=O)C2)CC1. The molecule has 1 amide bonds. The van der Waals surface area contributed by atoms with Gasteiger partial charge in [-0.3, -0.25) is 4.79 Å². The van der Waals surface area contributed by atoms with E-state index in [1.165, 1.54) is 0 Å². The van der Waals surface area contributed by atoms with E-state index in [9.17, 15) is 4.79 Å². The van der Waals surface area contributed by atoms with E-state index in [0.717, 1.165) is 37.3 Å². The number of nitrogens with zero attached hydrogens (tertiary/aromatic N) is 2. The number of ether oxygens (including phenoxy) is 1. The van der Waals surface area contributed by atoms with Gasteiger partial charge in [-0.1, -0.05) is 13.8 Å². The van der Waals surface area contributed by atoms with E-state index in [0.29, 0.717) is 12.3 Å². The van der Waals surface area contributed by atoms with Crippen LogP contribution in [0.5, 0.6) is 0 Å². The van der Waals surface area contributed by atoms with Crippen molar-refractivity contribution < 1.29 is 9.53 Å². The number of likely N-dealkylation sites (tertiary alicyclic amines) is 1. The molecule has 1 N–H and O–H groups in total. The van der Waals surface area contributed by atoms with Crippen molar-refractivity contribution in [2.75, 3.05) is 20.2 Å². The quantitative estimate of drug-likeness (QED) is 0.858. The monoisotopic (exact) mass is 279 g/mol. The van der Waals surface area contributed by atoms with Gasteiger partial charge in [0.05, 0.1) is 17.7 Å². The first kappa shape index (κ1) is 15.0. The lowest BCUT2D eigenvalue weighted by molar-refractivity contribution is -0.120. The number of amides is 1. The maximum absolute atomic E-state index is 11.8. The second-order valence-corrected chi connectivity index (χ2v) is 6.18. The number of hydrogen-bond acceptors (Lipinski definition) is 4. The minimum absolute atomic E-state index is 0.0288. The Bertz CT molecular complexity index is 432. The Labute approximate surface area is 121 Å². The summed E-state index contributed by atoms with van der Waals surface area (Å²) in [5.74, 6) is 0.268. The van der Waals surface area contributed by atoms with Crippen molar-refractivity contribution in [2.45, 2.75) is 45.6 Å². The normalized spacial score (nSPS) is 23.1. The van der Waals surface area contributed by atoms with Crippen molar-refractivity contribution in [3.63, 3.8) is 0 Å². The first-order chi connectivity index (χ1) is 9.43. The number of methoxy groups -OCH3 is 1. The maximum atomic E-state index is 11.8. The molecule has 1 fully saturated rings. The van der Waals surface area contributed by atoms with Crippen molar-refractivity contribution in [1.82, 2.24) is 10.3 Å². The van der Waals surface area contributed by atoms with Gasteiger partial charge in [0, 0.05) is 25.9 Å². The standard InChI is InChI=1S/C15H25N3O2/c1-11(2)13-9-12(10-14(19)17-16-13)18-7-5-15(3,20-4)6-8-18/h9,11H,5-8,10H2,1-4H3,(H,17,19). The van der Waals surface area contributed by atoms with E-state index in [1.807, 2.05) is 0 Å². The summed E-state index contributed by atoms with van der Waals surface area (Å²) in [6.45, 7) is 8.18. The summed E-state index contributed by atoms with van der Waals surface area (Å²) in [5, 5.41) is 4.18. The minimum Gasteiger partial charge on any atom is -0.378 e. The molecule has 0 spiro atoms. The van der Waals surface area contributed by atoms with Gasteiger partial charge >= 0.3 is 0 Å². The minimum atomic E-state index is -0.0352. The fourth-order valence-electron chi connectivity index (χ4n) is 2.55. The third-order valence-corrected chi connectivity index (χ3v) is 4.28. The molecule has 0 aliphatic carbocycles. The molecule has 5 nitrogen and oxygen atoms in total. The maximum Gasteiger partial charge on any atom is 0.245 e. The molecule has 0 atom stereocenters. The number of hydrogen-bond donors (Lipinski definition) is 1. The molecule has 0 aromatic carbocycles. The smallest absolute Gasteiger partial charge is 0.245 e. The number of carbonyl (C=O) groups is 1. The summed E-state index contributed by atoms with van der Waals surface area (Å²) >= 11 is 0. The van der Waals surface area contributed by atoms with Crippen molar-refractivity contribution in [1.29, 1.82) is 0 Å². The summed E-state index contributed by atoms with van der Waals surface area (Å²) in [6.07, 6.45) is 4.44. The van der Waals surface area contributed by atoms with Crippen LogP contribution < -0.4 is 5.43 Å². The van der Waals surface area contributed by atoms with Crippen LogP contribution in [0, 0.1) is 5.92 Å². The lowest BCUT2D eigenvalue weighted by Gasteiger charge is -2.40. The van der Waals surface area contributed by atoms with Crippen molar-refractivity contribution in [3.8, 4) is 0 Å². The topological polar surface area (TPSA) is 53.9 Å². The van der Waals surface area contributed by atoms with Crippen LogP contribution in [0.1, 0.15) is 40.0 Å². The molecule has 112 valence electrons. The molecule has 0 aromatic rings. The molecule has 2 aliphatic rings. The molecule has 0 aromatic heterocycles. The average molecular weight is 279 g/mol. The summed E-state index contributed by atoms with van der Waals surface area (Å²) in [6, 6.07) is 0. The third kappa shape index (κ3) is 3.39. The first-order valence-electron chi connectivity index (χ1n) is 7.30. The second-order valence-electron chi connectivity index (χ2n) is 6.18. The van der Waals surface area contributed by atoms with E-state index in [-0.39, 0.29) is 11.5 Å². The Morgan fingerprint density at radius 1 is 1.40 bits per heavy atom. The highest BCUT2D eigenvalue weighted by molar-refractivity contribution is 5.99. The zero-order valence-electron chi connectivity index (χ0n) is 12.9. The van der Waals surface area contributed by atoms with Crippen LogP contribution in [0.3, 0.4) is 0 Å². The van der Waals surface area contributed by atoms with Crippen LogP contribution in [-0.2, 0) is 9.53 Å². The van der Waals surface area contributed by atoms with Crippen LogP contribution in [0.15, 0.2) is 16.9 Å². The van der Waals surface area contributed by atoms with Crippen LogP contribution in [-0.4, -0.2) is 42.3 Å². The molecule has 5 heteroatoms. The van der Waals surface area contributed by atoms with Gasteiger partial charge in [0.15, 0.2) is 0 Å². The number of hydrazone groups is 1. The van der Waals surface area contributed by atoms with Crippen molar-refractivity contribution in [2.24, 2.45) is 11.0 Å². The Kier molecular flexibility index (Phi) is 4.48. The van der Waals surface area contributed by atoms with Gasteiger partial charge in [0.2, 0.25) is 5.91 Å². The first-order valence-corrected chi connectivity index (χ1v) is 7.30. The molecule has 2 rings (SSSR count). The van der Waals surface area contributed by atoms with E-state index in [2.05, 4.69) is 42.3 Å². The summed E-state index contributed by atoms with van der Waals surface area (Å²) in [4.78, 5) is 14.1. The highest BCUT2D eigenvalue weighted by Crippen LogP contribution is 2.28. The summed E-state index contributed by atoms with van der Waals surface area (Å²) in [7, 11) is 1.78. The lowest BCUT2D eigenvalue weighted by Crippen LogP contribution is -2.43. The van der Waals surface area contributed by atoms with Gasteiger partial charge in [-0.05, 0) is 31.8 Å². The van der Waals surface area contributed by atoms with E-state index >= 15 is 0 Å². The molecule has 0 unspecified atom stereocenters. The number of carbonyl (C=O) groups excluding carboxylic acids is 1. The molecule has 2 aliphatic heterocycles. The third-order valence-electron chi connectivity index (χ3n) is 4.28. The largest absolute Gasteiger partial charge is 0.378 e. The Balaban J connectivity index is 2.11. The predicted octanol–water partition coefficient (Wildman–Crippen LogP) is 1.90. The van der Waals surface area contributed by atoms with Gasteiger partial charge in [-0.2, -0.15) is 5.10 Å². The van der Waals surface area contributed by atoms with Crippen LogP contribution in [0.2, 0.25) is 0 Å². The molecule has 2 heterocycles. The molecular formula is C15H25N3O2. The van der Waals surface area contributed by atoms with Gasteiger partial charge in [0.1, 0.15) is 0 Å². The van der Waals surface area contributed by atoms with Crippen molar-refractivity contribution in [3.05, 3.63) is 11.8 Å². The highest BCUT2D eigenvalue weighted by Gasteiger charge is 2.31. The van der Waals surface area contributed by atoms with E-state index < -0.39 is 0 Å². The fourth-order valence-corrected chi connectivity index (χ4v) is 2.55. The summed E-state index contributed by atoms with van der Waals surface area (Å²) < 4.78 is 5.57. The number of piperidine rings is 1. The fraction of sp³-hybridized carbons (Fsp3) is 0.733. The van der Waals surface area contributed by atoms with Crippen LogP contribution >= 0.6 is 0 Å². The Hall–Kier alpha value is -1.36. The average Bonchev–Trinajstić information content (AvgIpc) is 2.62. The zero-order valence-corrected chi connectivity index (χ0v) is 12.9. The van der Waals surface area contributed by atoms with Crippen LogP contribution in [0.25, 0.3) is 0 Å².